The fourth-order valence-corrected chi connectivity index (χ4v) is 1.92. The Hall–Kier alpha value is -2.44. The van der Waals surface area contributed by atoms with E-state index in [0.29, 0.717) is 19.6 Å². The third kappa shape index (κ3) is 5.69. The molecule has 7 nitrogen and oxygen atoms in total. The van der Waals surface area contributed by atoms with Crippen molar-refractivity contribution in [2.24, 2.45) is 0 Å². The first-order chi connectivity index (χ1) is 10.9. The van der Waals surface area contributed by atoms with Crippen LogP contribution in [0.4, 0.5) is 0 Å². The number of aryl methyl sites for hydroxylation is 1. The van der Waals surface area contributed by atoms with Crippen LogP contribution in [0, 0.1) is 0 Å². The lowest BCUT2D eigenvalue weighted by Gasteiger charge is -2.20. The van der Waals surface area contributed by atoms with Crippen molar-refractivity contribution in [1.82, 2.24) is 14.7 Å². The van der Waals surface area contributed by atoms with Crippen molar-refractivity contribution in [2.45, 2.75) is 33.7 Å². The van der Waals surface area contributed by atoms with Gasteiger partial charge in [0, 0.05) is 25.7 Å². The zero-order valence-corrected chi connectivity index (χ0v) is 13.9. The van der Waals surface area contributed by atoms with Crippen molar-refractivity contribution < 1.29 is 14.3 Å². The van der Waals surface area contributed by atoms with Gasteiger partial charge in [0.05, 0.1) is 0 Å². The molecule has 0 saturated carbocycles. The van der Waals surface area contributed by atoms with Crippen molar-refractivity contribution in [2.75, 3.05) is 19.7 Å². The van der Waals surface area contributed by atoms with E-state index in [4.69, 9.17) is 4.74 Å². The number of amides is 1. The van der Waals surface area contributed by atoms with Gasteiger partial charge in [-0.1, -0.05) is 19.1 Å². The third-order valence-corrected chi connectivity index (χ3v) is 3.03. The van der Waals surface area contributed by atoms with Gasteiger partial charge in [-0.05, 0) is 26.3 Å². The van der Waals surface area contributed by atoms with Crippen LogP contribution >= 0.6 is 0 Å². The SMILES string of the molecule is C=C(C)CN(CC)C(=O)COC(=O)c1ccc(=O)n(CCC)n1. The van der Waals surface area contributed by atoms with E-state index in [2.05, 4.69) is 11.7 Å². The Kier molecular flexibility index (Phi) is 7.18. The van der Waals surface area contributed by atoms with Crippen LogP contribution in [0.3, 0.4) is 0 Å². The van der Waals surface area contributed by atoms with Crippen LogP contribution in [-0.2, 0) is 16.1 Å². The number of carbonyl (C=O) groups excluding carboxylic acids is 2. The summed E-state index contributed by atoms with van der Waals surface area (Å²) in [6, 6.07) is 2.56. The molecule has 1 aromatic rings. The average Bonchev–Trinajstić information content (AvgIpc) is 2.52. The smallest absolute Gasteiger partial charge is 0.359 e. The number of aromatic nitrogens is 2. The lowest BCUT2D eigenvalue weighted by Crippen LogP contribution is -2.35. The first-order valence-electron chi connectivity index (χ1n) is 7.56. The van der Waals surface area contributed by atoms with Crippen LogP contribution in [0.5, 0.6) is 0 Å². The van der Waals surface area contributed by atoms with Gasteiger partial charge < -0.3 is 9.64 Å². The lowest BCUT2D eigenvalue weighted by molar-refractivity contribution is -0.133. The van der Waals surface area contributed by atoms with Gasteiger partial charge in [0.25, 0.3) is 11.5 Å². The third-order valence-electron chi connectivity index (χ3n) is 3.03. The minimum atomic E-state index is -0.727. The molecule has 0 spiro atoms. The minimum Gasteiger partial charge on any atom is -0.451 e. The van der Waals surface area contributed by atoms with Crippen molar-refractivity contribution in [3.8, 4) is 0 Å². The van der Waals surface area contributed by atoms with E-state index in [1.807, 2.05) is 20.8 Å². The number of hydrogen-bond acceptors (Lipinski definition) is 5. The summed E-state index contributed by atoms with van der Waals surface area (Å²) >= 11 is 0. The first kappa shape index (κ1) is 18.6. The number of esters is 1. The maximum Gasteiger partial charge on any atom is 0.359 e. The van der Waals surface area contributed by atoms with Gasteiger partial charge in [-0.3, -0.25) is 9.59 Å². The van der Waals surface area contributed by atoms with Gasteiger partial charge in [0.2, 0.25) is 0 Å². The first-order valence-corrected chi connectivity index (χ1v) is 7.56. The lowest BCUT2D eigenvalue weighted by atomic mass is 10.3. The quantitative estimate of drug-likeness (QED) is 0.531. The van der Waals surface area contributed by atoms with Crippen molar-refractivity contribution in [3.63, 3.8) is 0 Å². The highest BCUT2D eigenvalue weighted by Crippen LogP contribution is 2.00. The predicted molar refractivity (Wildman–Crippen MR) is 86.1 cm³/mol. The zero-order valence-electron chi connectivity index (χ0n) is 13.9. The Bertz CT molecular complexity index is 636. The number of rotatable bonds is 8. The van der Waals surface area contributed by atoms with E-state index in [0.717, 1.165) is 12.0 Å². The molecule has 0 atom stereocenters. The van der Waals surface area contributed by atoms with Crippen molar-refractivity contribution in [1.29, 1.82) is 0 Å². The molecule has 1 heterocycles. The van der Waals surface area contributed by atoms with Gasteiger partial charge in [-0.15, -0.1) is 0 Å². The molecule has 0 aliphatic rings. The van der Waals surface area contributed by atoms with E-state index in [-0.39, 0.29) is 23.8 Å². The highest BCUT2D eigenvalue weighted by atomic mass is 16.5. The maximum absolute atomic E-state index is 12.0. The van der Waals surface area contributed by atoms with E-state index in [1.165, 1.54) is 16.8 Å². The Morgan fingerprint density at radius 1 is 1.35 bits per heavy atom. The van der Waals surface area contributed by atoms with Gasteiger partial charge in [-0.2, -0.15) is 5.10 Å². The average molecular weight is 321 g/mol. The number of carbonyl (C=O) groups is 2. The molecule has 1 amide bonds. The van der Waals surface area contributed by atoms with E-state index >= 15 is 0 Å². The van der Waals surface area contributed by atoms with Gasteiger partial charge >= 0.3 is 5.97 Å². The van der Waals surface area contributed by atoms with Crippen molar-refractivity contribution in [3.05, 3.63) is 40.3 Å². The fraction of sp³-hybridized carbons (Fsp3) is 0.500. The van der Waals surface area contributed by atoms with E-state index < -0.39 is 5.97 Å². The Morgan fingerprint density at radius 3 is 2.61 bits per heavy atom. The number of ether oxygens (including phenoxy) is 1. The van der Waals surface area contributed by atoms with E-state index in [1.54, 1.807) is 4.90 Å². The number of hydrogen-bond donors (Lipinski definition) is 0. The van der Waals surface area contributed by atoms with Gasteiger partial charge in [0.15, 0.2) is 12.3 Å². The molecule has 1 rings (SSSR count). The summed E-state index contributed by atoms with van der Waals surface area (Å²) in [6.07, 6.45) is 0.719. The Morgan fingerprint density at radius 2 is 2.04 bits per heavy atom. The van der Waals surface area contributed by atoms with Crippen LogP contribution in [0.1, 0.15) is 37.7 Å². The number of nitrogens with zero attached hydrogens (tertiary/aromatic N) is 3. The largest absolute Gasteiger partial charge is 0.451 e. The van der Waals surface area contributed by atoms with Crippen LogP contribution in [0.2, 0.25) is 0 Å². The van der Waals surface area contributed by atoms with Crippen LogP contribution in [-0.4, -0.2) is 46.3 Å². The summed E-state index contributed by atoms with van der Waals surface area (Å²) in [5, 5.41) is 3.94. The van der Waals surface area contributed by atoms with E-state index in [9.17, 15) is 14.4 Å². The molecule has 1 aromatic heterocycles. The Balaban J connectivity index is 2.69. The van der Waals surface area contributed by atoms with Crippen molar-refractivity contribution >= 4 is 11.9 Å². The second-order valence-corrected chi connectivity index (χ2v) is 5.22. The summed E-state index contributed by atoms with van der Waals surface area (Å²) in [4.78, 5) is 37.1. The highest BCUT2D eigenvalue weighted by Gasteiger charge is 2.16. The van der Waals surface area contributed by atoms with Crippen LogP contribution in [0.15, 0.2) is 29.1 Å². The molecule has 126 valence electrons. The molecule has 0 bridgehead atoms. The fourth-order valence-electron chi connectivity index (χ4n) is 1.92. The summed E-state index contributed by atoms with van der Waals surface area (Å²) < 4.78 is 6.20. The second kappa shape index (κ2) is 8.87. The highest BCUT2D eigenvalue weighted by molar-refractivity contribution is 5.89. The molecule has 23 heavy (non-hydrogen) atoms. The molecular weight excluding hydrogens is 298 g/mol. The molecular formula is C16H23N3O4. The normalized spacial score (nSPS) is 10.2. The maximum atomic E-state index is 12.0. The predicted octanol–water partition coefficient (Wildman–Crippen LogP) is 1.23. The summed E-state index contributed by atoms with van der Waals surface area (Å²) in [7, 11) is 0. The summed E-state index contributed by atoms with van der Waals surface area (Å²) in [6.45, 7) is 10.3. The molecule has 0 unspecified atom stereocenters. The summed E-state index contributed by atoms with van der Waals surface area (Å²) in [5.41, 5.74) is 0.576. The van der Waals surface area contributed by atoms with Crippen LogP contribution in [0.25, 0.3) is 0 Å². The Labute approximate surface area is 135 Å². The summed E-state index contributed by atoms with van der Waals surface area (Å²) in [5.74, 6) is -1.03. The molecule has 7 heteroatoms. The van der Waals surface area contributed by atoms with Gasteiger partial charge in [0.1, 0.15) is 0 Å². The standard InChI is InChI=1S/C16H23N3O4/c1-5-9-19-14(20)8-7-13(17-19)16(22)23-11-15(21)18(6-2)10-12(3)4/h7-8H,3,5-6,9-11H2,1-2,4H3. The molecule has 0 aliphatic heterocycles. The number of likely N-dealkylation sites (N-methyl/N-ethyl adjacent to an activating group) is 1. The monoisotopic (exact) mass is 321 g/mol. The molecule has 0 aliphatic carbocycles. The van der Waals surface area contributed by atoms with Crippen LogP contribution < -0.4 is 5.56 Å². The molecule has 0 fully saturated rings. The molecule has 0 N–H and O–H groups in total. The van der Waals surface area contributed by atoms with Gasteiger partial charge in [-0.25, -0.2) is 9.48 Å². The molecule has 0 aromatic carbocycles. The molecule has 0 saturated heterocycles. The zero-order chi connectivity index (χ0) is 17.4. The second-order valence-electron chi connectivity index (χ2n) is 5.22. The minimum absolute atomic E-state index is 0.00815. The molecule has 0 radical (unpaired) electrons. The topological polar surface area (TPSA) is 81.5 Å².